The number of rotatable bonds is 2. The monoisotopic (exact) mass is 183 g/mol. The van der Waals surface area contributed by atoms with Crippen molar-refractivity contribution in [2.24, 2.45) is 11.8 Å². The van der Waals surface area contributed by atoms with Gasteiger partial charge in [-0.3, -0.25) is 4.79 Å². The third-order valence-electron chi connectivity index (χ3n) is 3.32. The first-order valence-corrected chi connectivity index (χ1v) is 5.37. The Labute approximate surface area is 81.3 Å². The van der Waals surface area contributed by atoms with Crippen LogP contribution in [-0.4, -0.2) is 23.4 Å². The van der Waals surface area contributed by atoms with E-state index in [-0.39, 0.29) is 0 Å². The van der Waals surface area contributed by atoms with Gasteiger partial charge in [0.25, 0.3) is 0 Å². The maximum absolute atomic E-state index is 11.5. The van der Waals surface area contributed by atoms with Crippen molar-refractivity contribution in [2.45, 2.75) is 46.6 Å². The Kier molecular flexibility index (Phi) is 3.34. The smallest absolute Gasteiger partial charge is 0.222 e. The molecule has 76 valence electrons. The summed E-state index contributed by atoms with van der Waals surface area (Å²) in [5.74, 6) is 1.72. The Morgan fingerprint density at radius 1 is 1.54 bits per heavy atom. The molecule has 2 unspecified atom stereocenters. The van der Waals surface area contributed by atoms with Crippen molar-refractivity contribution >= 4 is 5.91 Å². The van der Waals surface area contributed by atoms with Gasteiger partial charge in [-0.25, -0.2) is 0 Å². The van der Waals surface area contributed by atoms with Crippen LogP contribution in [0.5, 0.6) is 0 Å². The molecule has 13 heavy (non-hydrogen) atoms. The van der Waals surface area contributed by atoms with Crippen molar-refractivity contribution in [1.82, 2.24) is 4.90 Å². The molecular formula is C11H21NO. The van der Waals surface area contributed by atoms with Crippen molar-refractivity contribution in [3.63, 3.8) is 0 Å². The third-order valence-corrected chi connectivity index (χ3v) is 3.32. The van der Waals surface area contributed by atoms with Gasteiger partial charge >= 0.3 is 0 Å². The SMILES string of the molecule is CCN1C(=O)CCC(C(C)C)C1C. The van der Waals surface area contributed by atoms with Crippen molar-refractivity contribution in [3.05, 3.63) is 0 Å². The van der Waals surface area contributed by atoms with E-state index >= 15 is 0 Å². The molecule has 1 aliphatic heterocycles. The van der Waals surface area contributed by atoms with Crippen molar-refractivity contribution in [3.8, 4) is 0 Å². The minimum Gasteiger partial charge on any atom is -0.340 e. The minimum absolute atomic E-state index is 0.340. The maximum Gasteiger partial charge on any atom is 0.222 e. The number of piperidine rings is 1. The highest BCUT2D eigenvalue weighted by Gasteiger charge is 2.32. The number of carbonyl (C=O) groups is 1. The molecule has 0 saturated carbocycles. The summed E-state index contributed by atoms with van der Waals surface area (Å²) in [6.45, 7) is 9.63. The van der Waals surface area contributed by atoms with Crippen LogP contribution in [0, 0.1) is 11.8 Å². The molecule has 2 nitrogen and oxygen atoms in total. The van der Waals surface area contributed by atoms with Gasteiger partial charge in [-0.05, 0) is 32.1 Å². The lowest BCUT2D eigenvalue weighted by atomic mass is 9.81. The van der Waals surface area contributed by atoms with E-state index < -0.39 is 0 Å². The average Bonchev–Trinajstić information content (AvgIpc) is 2.04. The van der Waals surface area contributed by atoms with Crippen molar-refractivity contribution in [2.75, 3.05) is 6.54 Å². The number of carbonyl (C=O) groups excluding carboxylic acids is 1. The zero-order valence-electron chi connectivity index (χ0n) is 9.21. The Morgan fingerprint density at radius 3 is 2.62 bits per heavy atom. The van der Waals surface area contributed by atoms with Gasteiger partial charge in [-0.1, -0.05) is 13.8 Å². The molecule has 0 aromatic rings. The van der Waals surface area contributed by atoms with Gasteiger partial charge < -0.3 is 4.90 Å². The third kappa shape index (κ3) is 2.04. The van der Waals surface area contributed by atoms with E-state index in [0.717, 1.165) is 19.4 Å². The molecule has 0 aliphatic carbocycles. The predicted octanol–water partition coefficient (Wildman–Crippen LogP) is 2.29. The van der Waals surface area contributed by atoms with E-state index in [9.17, 15) is 4.79 Å². The van der Waals surface area contributed by atoms with Gasteiger partial charge in [0.2, 0.25) is 5.91 Å². The quantitative estimate of drug-likeness (QED) is 0.643. The summed E-state index contributed by atoms with van der Waals surface area (Å²) < 4.78 is 0. The number of hydrogen-bond acceptors (Lipinski definition) is 1. The van der Waals surface area contributed by atoms with Crippen LogP contribution in [0.4, 0.5) is 0 Å². The second-order valence-electron chi connectivity index (χ2n) is 4.37. The van der Waals surface area contributed by atoms with E-state index in [1.165, 1.54) is 0 Å². The number of likely N-dealkylation sites (tertiary alicyclic amines) is 1. The molecule has 1 rings (SSSR count). The van der Waals surface area contributed by atoms with Crippen LogP contribution in [0.25, 0.3) is 0 Å². The number of amides is 1. The van der Waals surface area contributed by atoms with Crippen LogP contribution >= 0.6 is 0 Å². The van der Waals surface area contributed by atoms with Crippen LogP contribution in [0.15, 0.2) is 0 Å². The Morgan fingerprint density at radius 2 is 2.15 bits per heavy atom. The molecule has 0 aromatic carbocycles. The lowest BCUT2D eigenvalue weighted by Crippen LogP contribution is -2.48. The zero-order chi connectivity index (χ0) is 10.0. The first-order valence-electron chi connectivity index (χ1n) is 5.37. The molecule has 0 N–H and O–H groups in total. The topological polar surface area (TPSA) is 20.3 Å². The molecule has 0 spiro atoms. The first-order chi connectivity index (χ1) is 6.07. The molecule has 0 bridgehead atoms. The fourth-order valence-corrected chi connectivity index (χ4v) is 2.49. The Hall–Kier alpha value is -0.530. The summed E-state index contributed by atoms with van der Waals surface area (Å²) in [6, 6.07) is 0.436. The van der Waals surface area contributed by atoms with E-state index in [1.54, 1.807) is 0 Å². The van der Waals surface area contributed by atoms with Crippen LogP contribution in [-0.2, 0) is 4.79 Å². The van der Waals surface area contributed by atoms with Gasteiger partial charge in [0, 0.05) is 19.0 Å². The molecule has 2 heteroatoms. The largest absolute Gasteiger partial charge is 0.340 e. The van der Waals surface area contributed by atoms with Crippen molar-refractivity contribution < 1.29 is 4.79 Å². The summed E-state index contributed by atoms with van der Waals surface area (Å²) >= 11 is 0. The fourth-order valence-electron chi connectivity index (χ4n) is 2.49. The van der Waals surface area contributed by atoms with Crippen LogP contribution in [0.2, 0.25) is 0 Å². The summed E-state index contributed by atoms with van der Waals surface area (Å²) in [4.78, 5) is 13.6. The number of nitrogens with zero attached hydrogens (tertiary/aromatic N) is 1. The molecule has 1 saturated heterocycles. The molecular weight excluding hydrogens is 162 g/mol. The molecule has 1 fully saturated rings. The van der Waals surface area contributed by atoms with E-state index in [1.807, 2.05) is 4.90 Å². The summed E-state index contributed by atoms with van der Waals surface area (Å²) in [7, 11) is 0. The molecule has 1 aliphatic rings. The van der Waals surface area contributed by atoms with Gasteiger partial charge in [-0.2, -0.15) is 0 Å². The molecule has 0 radical (unpaired) electrons. The first kappa shape index (κ1) is 10.6. The lowest BCUT2D eigenvalue weighted by molar-refractivity contribution is -0.138. The average molecular weight is 183 g/mol. The van der Waals surface area contributed by atoms with Crippen LogP contribution in [0.3, 0.4) is 0 Å². The highest BCUT2D eigenvalue weighted by Crippen LogP contribution is 2.29. The summed E-state index contributed by atoms with van der Waals surface area (Å²) in [5, 5.41) is 0. The van der Waals surface area contributed by atoms with Gasteiger partial charge in [-0.15, -0.1) is 0 Å². The predicted molar refractivity (Wildman–Crippen MR) is 54.4 cm³/mol. The molecule has 0 aromatic heterocycles. The van der Waals surface area contributed by atoms with Gasteiger partial charge in [0.1, 0.15) is 0 Å². The maximum atomic E-state index is 11.5. The van der Waals surface area contributed by atoms with E-state index in [0.29, 0.717) is 23.8 Å². The van der Waals surface area contributed by atoms with E-state index in [4.69, 9.17) is 0 Å². The number of hydrogen-bond donors (Lipinski definition) is 0. The Balaban J connectivity index is 2.69. The fraction of sp³-hybridized carbons (Fsp3) is 0.909. The standard InChI is InChI=1S/C11H21NO/c1-5-12-9(4)10(8(2)3)6-7-11(12)13/h8-10H,5-7H2,1-4H3. The highest BCUT2D eigenvalue weighted by molar-refractivity contribution is 5.77. The van der Waals surface area contributed by atoms with Crippen molar-refractivity contribution in [1.29, 1.82) is 0 Å². The van der Waals surface area contributed by atoms with Gasteiger partial charge in [0.05, 0.1) is 0 Å². The van der Waals surface area contributed by atoms with E-state index in [2.05, 4.69) is 27.7 Å². The lowest BCUT2D eigenvalue weighted by Gasteiger charge is -2.40. The highest BCUT2D eigenvalue weighted by atomic mass is 16.2. The molecule has 1 heterocycles. The summed E-state index contributed by atoms with van der Waals surface area (Å²) in [5.41, 5.74) is 0. The second kappa shape index (κ2) is 4.12. The molecule has 1 amide bonds. The molecule has 2 atom stereocenters. The summed E-state index contributed by atoms with van der Waals surface area (Å²) in [6.07, 6.45) is 1.83. The zero-order valence-corrected chi connectivity index (χ0v) is 9.21. The minimum atomic E-state index is 0.340. The van der Waals surface area contributed by atoms with Crippen LogP contribution < -0.4 is 0 Å². The van der Waals surface area contributed by atoms with Gasteiger partial charge in [0.15, 0.2) is 0 Å². The van der Waals surface area contributed by atoms with Crippen LogP contribution in [0.1, 0.15) is 40.5 Å². The Bertz CT molecular complexity index is 189. The normalized spacial score (nSPS) is 29.9. The second-order valence-corrected chi connectivity index (χ2v) is 4.37.